The molecule has 4 rings (SSSR count). The molecule has 0 atom stereocenters. The van der Waals surface area contributed by atoms with Crippen LogP contribution in [-0.4, -0.2) is 34.0 Å². The number of fused-ring (bicyclic) bond motifs is 1. The van der Waals surface area contributed by atoms with Crippen LogP contribution in [0.25, 0.3) is 22.3 Å². The Morgan fingerprint density at radius 3 is 2.48 bits per heavy atom. The minimum atomic E-state index is -4.60. The van der Waals surface area contributed by atoms with Crippen LogP contribution in [0.3, 0.4) is 0 Å². The number of rotatable bonds is 5. The number of hydrogen-bond acceptors (Lipinski definition) is 6. The summed E-state index contributed by atoms with van der Waals surface area (Å²) in [5.41, 5.74) is 1.09. The van der Waals surface area contributed by atoms with Crippen molar-refractivity contribution in [3.8, 4) is 11.4 Å². The van der Waals surface area contributed by atoms with Crippen LogP contribution in [0.4, 0.5) is 24.8 Å². The molecule has 0 saturated heterocycles. The Morgan fingerprint density at radius 1 is 0.968 bits per heavy atom. The van der Waals surface area contributed by atoms with E-state index in [1.165, 1.54) is 12.4 Å². The molecule has 1 N–H and O–H groups in total. The van der Waals surface area contributed by atoms with Crippen molar-refractivity contribution in [3.05, 3.63) is 72.2 Å². The third-order valence-electron chi connectivity index (χ3n) is 4.64. The molecular weight excluding hydrogens is 405 g/mol. The second-order valence-electron chi connectivity index (χ2n) is 7.11. The first-order chi connectivity index (χ1) is 14.8. The van der Waals surface area contributed by atoms with Gasteiger partial charge in [-0.25, -0.2) is 15.0 Å². The smallest absolute Gasteiger partial charge is 0.366 e. The number of benzene rings is 1. The predicted molar refractivity (Wildman–Crippen MR) is 114 cm³/mol. The van der Waals surface area contributed by atoms with Gasteiger partial charge < -0.3 is 10.2 Å². The first kappa shape index (κ1) is 20.5. The Bertz CT molecular complexity index is 1210. The zero-order chi connectivity index (χ0) is 22.0. The molecule has 0 fully saturated rings. The van der Waals surface area contributed by atoms with E-state index in [0.717, 1.165) is 28.4 Å². The molecule has 0 aliphatic carbocycles. The van der Waals surface area contributed by atoms with Crippen molar-refractivity contribution in [1.29, 1.82) is 0 Å². The van der Waals surface area contributed by atoms with Crippen molar-refractivity contribution in [2.24, 2.45) is 0 Å². The van der Waals surface area contributed by atoms with Crippen LogP contribution in [0.15, 0.2) is 60.9 Å². The molecule has 3 aromatic heterocycles. The van der Waals surface area contributed by atoms with Crippen LogP contribution in [0.2, 0.25) is 0 Å². The van der Waals surface area contributed by atoms with E-state index >= 15 is 0 Å². The van der Waals surface area contributed by atoms with Crippen LogP contribution in [0, 0.1) is 0 Å². The van der Waals surface area contributed by atoms with E-state index in [-0.39, 0.29) is 18.2 Å². The summed E-state index contributed by atoms with van der Waals surface area (Å²) >= 11 is 0. The number of aromatic nitrogens is 4. The van der Waals surface area contributed by atoms with Crippen LogP contribution in [0.5, 0.6) is 0 Å². The minimum Gasteiger partial charge on any atom is -0.366 e. The summed E-state index contributed by atoms with van der Waals surface area (Å²) in [4.78, 5) is 18.4. The topological polar surface area (TPSA) is 66.8 Å². The highest BCUT2D eigenvalue weighted by Crippen LogP contribution is 2.31. The quantitative estimate of drug-likeness (QED) is 0.497. The van der Waals surface area contributed by atoms with Gasteiger partial charge in [-0.1, -0.05) is 18.2 Å². The monoisotopic (exact) mass is 424 g/mol. The molecule has 158 valence electrons. The average Bonchev–Trinajstić information content (AvgIpc) is 2.77. The van der Waals surface area contributed by atoms with Crippen molar-refractivity contribution < 1.29 is 13.2 Å². The lowest BCUT2D eigenvalue weighted by molar-refractivity contribution is -0.141. The SMILES string of the molecule is CN(C)c1cc(CNc2cc(C(F)(F)F)nc(-c3cccnc3)n2)c2ccccc2n1. The maximum atomic E-state index is 13.4. The molecule has 6 nitrogen and oxygen atoms in total. The van der Waals surface area contributed by atoms with Crippen molar-refractivity contribution in [2.45, 2.75) is 12.7 Å². The van der Waals surface area contributed by atoms with Crippen LogP contribution >= 0.6 is 0 Å². The summed E-state index contributed by atoms with van der Waals surface area (Å²) in [7, 11) is 3.77. The molecule has 1 aromatic carbocycles. The molecule has 0 saturated carbocycles. The summed E-state index contributed by atoms with van der Waals surface area (Å²) in [5.74, 6) is 0.790. The zero-order valence-electron chi connectivity index (χ0n) is 16.9. The molecular formula is C22H19F3N6. The van der Waals surface area contributed by atoms with Gasteiger partial charge in [-0.3, -0.25) is 4.98 Å². The van der Waals surface area contributed by atoms with Gasteiger partial charge in [0.05, 0.1) is 5.52 Å². The highest BCUT2D eigenvalue weighted by atomic mass is 19.4. The Kier molecular flexibility index (Phi) is 5.41. The Labute approximate surface area is 176 Å². The molecule has 31 heavy (non-hydrogen) atoms. The fourth-order valence-corrected chi connectivity index (χ4v) is 3.10. The first-order valence-electron chi connectivity index (χ1n) is 9.48. The lowest BCUT2D eigenvalue weighted by Crippen LogP contribution is -2.13. The Hall–Kier alpha value is -3.75. The van der Waals surface area contributed by atoms with Crippen LogP contribution in [0.1, 0.15) is 11.3 Å². The number of alkyl halides is 3. The molecule has 0 spiro atoms. The van der Waals surface area contributed by atoms with E-state index in [1.54, 1.807) is 12.1 Å². The lowest BCUT2D eigenvalue weighted by atomic mass is 10.1. The molecule has 0 bridgehead atoms. The van der Waals surface area contributed by atoms with Crippen molar-refractivity contribution in [1.82, 2.24) is 19.9 Å². The summed E-state index contributed by atoms with van der Waals surface area (Å²) in [6, 6.07) is 13.7. The first-order valence-corrected chi connectivity index (χ1v) is 9.48. The minimum absolute atomic E-state index is 0.0426. The van der Waals surface area contributed by atoms with Gasteiger partial charge in [0.2, 0.25) is 0 Å². The van der Waals surface area contributed by atoms with Crippen LogP contribution in [-0.2, 0) is 12.7 Å². The number of nitrogens with zero attached hydrogens (tertiary/aromatic N) is 5. The molecule has 0 amide bonds. The number of nitrogens with one attached hydrogen (secondary N) is 1. The van der Waals surface area contributed by atoms with E-state index in [1.807, 2.05) is 49.3 Å². The summed E-state index contributed by atoms with van der Waals surface area (Å²) in [5, 5.41) is 3.94. The van der Waals surface area contributed by atoms with E-state index in [0.29, 0.717) is 5.56 Å². The molecule has 0 unspecified atom stereocenters. The van der Waals surface area contributed by atoms with E-state index in [4.69, 9.17) is 0 Å². The highest BCUT2D eigenvalue weighted by molar-refractivity contribution is 5.84. The fraction of sp³-hybridized carbons (Fsp3) is 0.182. The number of para-hydroxylation sites is 1. The van der Waals surface area contributed by atoms with E-state index in [2.05, 4.69) is 25.3 Å². The van der Waals surface area contributed by atoms with Gasteiger partial charge >= 0.3 is 6.18 Å². The maximum absolute atomic E-state index is 13.4. The van der Waals surface area contributed by atoms with Gasteiger partial charge in [0.25, 0.3) is 0 Å². The zero-order valence-corrected chi connectivity index (χ0v) is 16.9. The second kappa shape index (κ2) is 8.17. The summed E-state index contributed by atoms with van der Waals surface area (Å²) in [6.07, 6.45) is -1.63. The van der Waals surface area contributed by atoms with Gasteiger partial charge in [-0.2, -0.15) is 13.2 Å². The number of anilines is 2. The Balaban J connectivity index is 1.72. The third kappa shape index (κ3) is 4.55. The molecule has 0 radical (unpaired) electrons. The fourth-order valence-electron chi connectivity index (χ4n) is 3.10. The van der Waals surface area contributed by atoms with Gasteiger partial charge in [0, 0.05) is 50.0 Å². The number of hydrogen-bond donors (Lipinski definition) is 1. The standard InChI is InChI=1S/C22H19F3N6/c1-31(2)20-10-15(16-7-3-4-8-17(16)28-20)13-27-19-11-18(22(23,24)25)29-21(30-19)14-6-5-9-26-12-14/h3-12H,13H2,1-2H3,(H,27,29,30). The molecule has 0 aliphatic heterocycles. The van der Waals surface area contributed by atoms with E-state index < -0.39 is 11.9 Å². The average molecular weight is 424 g/mol. The van der Waals surface area contributed by atoms with Crippen LogP contribution < -0.4 is 10.2 Å². The van der Waals surface area contributed by atoms with Gasteiger partial charge in [-0.05, 0) is 29.8 Å². The van der Waals surface area contributed by atoms with E-state index in [9.17, 15) is 13.2 Å². The normalized spacial score (nSPS) is 11.5. The highest BCUT2D eigenvalue weighted by Gasteiger charge is 2.33. The second-order valence-corrected chi connectivity index (χ2v) is 7.11. The van der Waals surface area contributed by atoms with Crippen molar-refractivity contribution >= 4 is 22.5 Å². The lowest BCUT2D eigenvalue weighted by Gasteiger charge is -2.16. The van der Waals surface area contributed by atoms with Gasteiger partial charge in [-0.15, -0.1) is 0 Å². The third-order valence-corrected chi connectivity index (χ3v) is 4.64. The largest absolute Gasteiger partial charge is 0.433 e. The summed E-state index contributed by atoms with van der Waals surface area (Å²) in [6.45, 7) is 0.269. The molecule has 9 heteroatoms. The maximum Gasteiger partial charge on any atom is 0.433 e. The van der Waals surface area contributed by atoms with Crippen molar-refractivity contribution in [2.75, 3.05) is 24.3 Å². The molecule has 3 heterocycles. The van der Waals surface area contributed by atoms with Gasteiger partial charge in [0.1, 0.15) is 11.6 Å². The number of halogens is 3. The Morgan fingerprint density at radius 2 is 1.77 bits per heavy atom. The number of pyridine rings is 2. The molecule has 4 aromatic rings. The van der Waals surface area contributed by atoms with Gasteiger partial charge in [0.15, 0.2) is 11.5 Å². The summed E-state index contributed by atoms with van der Waals surface area (Å²) < 4.78 is 40.3. The van der Waals surface area contributed by atoms with Crippen molar-refractivity contribution in [3.63, 3.8) is 0 Å². The predicted octanol–water partition coefficient (Wildman–Crippen LogP) is 4.78. The molecule has 0 aliphatic rings.